The van der Waals surface area contributed by atoms with Gasteiger partial charge in [-0.3, -0.25) is 4.68 Å². The minimum absolute atomic E-state index is 0.808. The van der Waals surface area contributed by atoms with Crippen LogP contribution >= 0.6 is 11.6 Å². The second kappa shape index (κ2) is 10.4. The molecule has 0 radical (unpaired) electrons. The first kappa shape index (κ1) is 21.4. The minimum atomic E-state index is 0.808. The number of nitrogens with zero attached hydrogens (tertiary/aromatic N) is 4. The highest BCUT2D eigenvalue weighted by Crippen LogP contribution is 2.20. The van der Waals surface area contributed by atoms with E-state index >= 15 is 0 Å². The normalized spacial score (nSPS) is 16.2. The number of benzene rings is 1. The Balaban J connectivity index is 1.38. The maximum Gasteiger partial charge on any atom is 0.0537 e. The molecule has 2 heterocycles. The van der Waals surface area contributed by atoms with Gasteiger partial charge in [0.05, 0.1) is 6.20 Å². The second-order valence-electron chi connectivity index (χ2n) is 8.34. The van der Waals surface area contributed by atoms with Gasteiger partial charge >= 0.3 is 0 Å². The lowest BCUT2D eigenvalue weighted by Crippen LogP contribution is -2.38. The number of hydrogen-bond acceptors (Lipinski definition) is 3. The number of piperidine rings is 1. The van der Waals surface area contributed by atoms with Crippen LogP contribution in [0.2, 0.25) is 5.02 Å². The molecular formula is C23H35ClN4. The summed E-state index contributed by atoms with van der Waals surface area (Å²) in [6, 6.07) is 8.28. The summed E-state index contributed by atoms with van der Waals surface area (Å²) in [5, 5.41) is 5.36. The van der Waals surface area contributed by atoms with E-state index in [4.69, 9.17) is 11.6 Å². The maximum absolute atomic E-state index is 5.97. The quantitative estimate of drug-likeness (QED) is 0.610. The molecule has 154 valence electrons. The highest BCUT2D eigenvalue weighted by atomic mass is 35.5. The van der Waals surface area contributed by atoms with E-state index in [1.165, 1.54) is 49.3 Å². The Labute approximate surface area is 175 Å². The van der Waals surface area contributed by atoms with Crippen molar-refractivity contribution in [3.05, 3.63) is 52.3 Å². The third-order valence-corrected chi connectivity index (χ3v) is 6.24. The molecule has 4 nitrogen and oxygen atoms in total. The van der Waals surface area contributed by atoms with Gasteiger partial charge in [-0.05, 0) is 76.4 Å². The summed E-state index contributed by atoms with van der Waals surface area (Å²) in [6.07, 6.45) is 6.91. The van der Waals surface area contributed by atoms with E-state index < -0.39 is 0 Å². The summed E-state index contributed by atoms with van der Waals surface area (Å²) in [7, 11) is 2.25. The first-order valence-electron chi connectivity index (χ1n) is 10.7. The summed E-state index contributed by atoms with van der Waals surface area (Å²) in [5.74, 6) is 0.808. The zero-order valence-corrected chi connectivity index (χ0v) is 18.5. The Morgan fingerprint density at radius 2 is 1.86 bits per heavy atom. The Hall–Kier alpha value is -1.36. The molecule has 28 heavy (non-hydrogen) atoms. The highest BCUT2D eigenvalue weighted by Gasteiger charge is 2.20. The van der Waals surface area contributed by atoms with Gasteiger partial charge in [-0.15, -0.1) is 0 Å². The summed E-state index contributed by atoms with van der Waals surface area (Å²) < 4.78 is 2.14. The average molecular weight is 403 g/mol. The van der Waals surface area contributed by atoms with Crippen molar-refractivity contribution in [2.24, 2.45) is 5.92 Å². The Kier molecular flexibility index (Phi) is 7.95. The number of rotatable bonds is 9. The van der Waals surface area contributed by atoms with Gasteiger partial charge < -0.3 is 9.80 Å². The zero-order valence-electron chi connectivity index (χ0n) is 17.7. The molecule has 1 saturated heterocycles. The van der Waals surface area contributed by atoms with Crippen LogP contribution in [0.3, 0.4) is 0 Å². The number of hydrogen-bond donors (Lipinski definition) is 0. The van der Waals surface area contributed by atoms with E-state index in [0.717, 1.165) is 43.4 Å². The predicted molar refractivity (Wildman–Crippen MR) is 118 cm³/mol. The number of aromatic nitrogens is 2. The largest absolute Gasteiger partial charge is 0.303 e. The molecule has 0 saturated carbocycles. The van der Waals surface area contributed by atoms with Crippen LogP contribution in [0.25, 0.3) is 0 Å². The van der Waals surface area contributed by atoms with Gasteiger partial charge in [0, 0.05) is 42.5 Å². The van der Waals surface area contributed by atoms with Crippen LogP contribution in [-0.4, -0.2) is 52.8 Å². The van der Waals surface area contributed by atoms with Gasteiger partial charge in [0.25, 0.3) is 0 Å². The van der Waals surface area contributed by atoms with Crippen LogP contribution in [-0.2, 0) is 19.5 Å². The van der Waals surface area contributed by atoms with Crippen molar-refractivity contribution in [1.82, 2.24) is 19.6 Å². The Morgan fingerprint density at radius 1 is 1.14 bits per heavy atom. The molecule has 1 aliphatic heterocycles. The molecule has 0 atom stereocenters. The third-order valence-electron chi connectivity index (χ3n) is 5.99. The van der Waals surface area contributed by atoms with E-state index in [0.29, 0.717) is 0 Å². The first-order chi connectivity index (χ1) is 13.5. The zero-order chi connectivity index (χ0) is 19.9. The van der Waals surface area contributed by atoms with Crippen molar-refractivity contribution in [3.63, 3.8) is 0 Å². The Bertz CT molecular complexity index is 717. The standard InChI is InChI=1S/C23H35ClN4/c1-4-12-28-19(2)22(16-25-28)18-26(3)17-21-10-14-27(15-11-21)13-9-20-5-7-23(24)8-6-20/h5-8,16,21H,4,9-15,17-18H2,1-3H3. The van der Waals surface area contributed by atoms with E-state index in [-0.39, 0.29) is 0 Å². The number of aryl methyl sites for hydroxylation is 1. The predicted octanol–water partition coefficient (Wildman–Crippen LogP) is 4.64. The van der Waals surface area contributed by atoms with Crippen molar-refractivity contribution in [3.8, 4) is 0 Å². The molecule has 0 unspecified atom stereocenters. The van der Waals surface area contributed by atoms with Gasteiger partial charge in [-0.2, -0.15) is 5.10 Å². The summed E-state index contributed by atoms with van der Waals surface area (Å²) in [6.45, 7) is 11.2. The highest BCUT2D eigenvalue weighted by molar-refractivity contribution is 6.30. The fourth-order valence-electron chi connectivity index (χ4n) is 4.20. The maximum atomic E-state index is 5.97. The van der Waals surface area contributed by atoms with Crippen LogP contribution in [0.5, 0.6) is 0 Å². The minimum Gasteiger partial charge on any atom is -0.303 e. The van der Waals surface area contributed by atoms with E-state index in [1.54, 1.807) is 0 Å². The van der Waals surface area contributed by atoms with Gasteiger partial charge in [0.1, 0.15) is 0 Å². The fraction of sp³-hybridized carbons (Fsp3) is 0.609. The van der Waals surface area contributed by atoms with Crippen LogP contribution in [0.15, 0.2) is 30.5 Å². The molecule has 1 aliphatic rings. The lowest BCUT2D eigenvalue weighted by molar-refractivity contribution is 0.153. The van der Waals surface area contributed by atoms with Crippen LogP contribution in [0.4, 0.5) is 0 Å². The molecule has 1 aromatic carbocycles. The number of halogens is 1. The van der Waals surface area contributed by atoms with Gasteiger partial charge in [-0.1, -0.05) is 30.7 Å². The van der Waals surface area contributed by atoms with Crippen molar-refractivity contribution < 1.29 is 0 Å². The third kappa shape index (κ3) is 6.07. The van der Waals surface area contributed by atoms with E-state index in [2.05, 4.69) is 58.8 Å². The van der Waals surface area contributed by atoms with Crippen LogP contribution in [0.1, 0.15) is 43.0 Å². The topological polar surface area (TPSA) is 24.3 Å². The van der Waals surface area contributed by atoms with E-state index in [9.17, 15) is 0 Å². The molecule has 0 aliphatic carbocycles. The monoisotopic (exact) mass is 402 g/mol. The van der Waals surface area contributed by atoms with Crippen molar-refractivity contribution in [1.29, 1.82) is 0 Å². The van der Waals surface area contributed by atoms with Crippen LogP contribution < -0.4 is 0 Å². The van der Waals surface area contributed by atoms with Crippen molar-refractivity contribution >= 4 is 11.6 Å². The number of likely N-dealkylation sites (tertiary alicyclic amines) is 1. The molecule has 0 spiro atoms. The molecule has 1 fully saturated rings. The van der Waals surface area contributed by atoms with Gasteiger partial charge in [0.15, 0.2) is 0 Å². The lowest BCUT2D eigenvalue weighted by atomic mass is 9.96. The molecule has 3 rings (SSSR count). The second-order valence-corrected chi connectivity index (χ2v) is 8.77. The lowest BCUT2D eigenvalue weighted by Gasteiger charge is -2.34. The molecule has 5 heteroatoms. The molecular weight excluding hydrogens is 368 g/mol. The molecule has 0 N–H and O–H groups in total. The molecule has 2 aromatic rings. The SMILES string of the molecule is CCCn1ncc(CN(C)CC2CCN(CCc3ccc(Cl)cc3)CC2)c1C. The molecule has 0 amide bonds. The van der Waals surface area contributed by atoms with Gasteiger partial charge in [0.2, 0.25) is 0 Å². The summed E-state index contributed by atoms with van der Waals surface area (Å²) in [4.78, 5) is 5.10. The Morgan fingerprint density at radius 3 is 2.54 bits per heavy atom. The van der Waals surface area contributed by atoms with Crippen molar-refractivity contribution in [2.45, 2.75) is 52.6 Å². The van der Waals surface area contributed by atoms with Crippen molar-refractivity contribution in [2.75, 3.05) is 33.2 Å². The summed E-state index contributed by atoms with van der Waals surface area (Å²) >= 11 is 5.97. The van der Waals surface area contributed by atoms with E-state index in [1.807, 2.05) is 12.1 Å². The summed E-state index contributed by atoms with van der Waals surface area (Å²) in [5.41, 5.74) is 4.08. The average Bonchev–Trinajstić information content (AvgIpc) is 3.02. The first-order valence-corrected chi connectivity index (χ1v) is 11.1. The smallest absolute Gasteiger partial charge is 0.0537 e. The molecule has 0 bridgehead atoms. The molecule has 1 aromatic heterocycles. The van der Waals surface area contributed by atoms with Crippen LogP contribution in [0, 0.1) is 12.8 Å². The van der Waals surface area contributed by atoms with Gasteiger partial charge in [-0.25, -0.2) is 0 Å². The fourth-order valence-corrected chi connectivity index (χ4v) is 4.33.